The van der Waals surface area contributed by atoms with Gasteiger partial charge in [-0.1, -0.05) is 35.5 Å². The largest absolute Gasteiger partial charge is 0.409 e. The summed E-state index contributed by atoms with van der Waals surface area (Å²) in [6.45, 7) is 0. The van der Waals surface area contributed by atoms with E-state index in [-0.39, 0.29) is 17.8 Å². The maximum Gasteiger partial charge on any atom is 0.235 e. The summed E-state index contributed by atoms with van der Waals surface area (Å²) in [5.74, 6) is 0.274. The highest BCUT2D eigenvalue weighted by molar-refractivity contribution is 6.07. The highest BCUT2D eigenvalue weighted by Crippen LogP contribution is 2.44. The molecular formula is C16H21N3O2. The molecule has 1 unspecified atom stereocenters. The number of nitrogens with zero attached hydrogens (tertiary/aromatic N) is 1. The second-order valence-electron chi connectivity index (χ2n) is 6.08. The molecular weight excluding hydrogens is 266 g/mol. The second-order valence-corrected chi connectivity index (χ2v) is 6.08. The molecule has 5 heteroatoms. The molecule has 21 heavy (non-hydrogen) atoms. The number of hydrogen-bond acceptors (Lipinski definition) is 3. The predicted octanol–water partition coefficient (Wildman–Crippen LogP) is 1.82. The molecule has 1 aromatic carbocycles. The Morgan fingerprint density at radius 2 is 1.76 bits per heavy atom. The van der Waals surface area contributed by atoms with Gasteiger partial charge in [0.25, 0.3) is 0 Å². The van der Waals surface area contributed by atoms with Crippen LogP contribution in [-0.4, -0.2) is 23.0 Å². The lowest BCUT2D eigenvalue weighted by Crippen LogP contribution is -2.44. The number of carbonyl (C=O) groups excluding carboxylic acids is 1. The minimum atomic E-state index is -0.726. The van der Waals surface area contributed by atoms with Crippen LogP contribution in [0.2, 0.25) is 0 Å². The third kappa shape index (κ3) is 3.17. The molecule has 0 aliphatic heterocycles. The SMILES string of the molecule is NC(=NO)C(C(=O)NC(C1CC1)C1CC1)c1ccccc1. The maximum atomic E-state index is 12.6. The quantitative estimate of drug-likeness (QED) is 0.323. The Labute approximate surface area is 124 Å². The molecule has 2 aliphatic rings. The summed E-state index contributed by atoms with van der Waals surface area (Å²) in [7, 11) is 0. The average Bonchev–Trinajstić information content (AvgIpc) is 3.39. The van der Waals surface area contributed by atoms with Gasteiger partial charge < -0.3 is 16.3 Å². The Morgan fingerprint density at radius 3 is 2.24 bits per heavy atom. The zero-order chi connectivity index (χ0) is 14.8. The van der Waals surface area contributed by atoms with Gasteiger partial charge in [0, 0.05) is 6.04 Å². The van der Waals surface area contributed by atoms with Crippen molar-refractivity contribution in [1.82, 2.24) is 5.32 Å². The molecule has 0 heterocycles. The first kappa shape index (κ1) is 13.9. The summed E-state index contributed by atoms with van der Waals surface area (Å²) < 4.78 is 0. The Bertz CT molecular complexity index is 524. The van der Waals surface area contributed by atoms with Crippen LogP contribution in [0.5, 0.6) is 0 Å². The molecule has 2 aliphatic carbocycles. The van der Waals surface area contributed by atoms with Gasteiger partial charge in [0.05, 0.1) is 0 Å². The zero-order valence-electron chi connectivity index (χ0n) is 11.9. The van der Waals surface area contributed by atoms with Crippen LogP contribution in [0.3, 0.4) is 0 Å². The van der Waals surface area contributed by atoms with E-state index in [4.69, 9.17) is 10.9 Å². The summed E-state index contributed by atoms with van der Waals surface area (Å²) >= 11 is 0. The number of nitrogens with two attached hydrogens (primary N) is 1. The summed E-state index contributed by atoms with van der Waals surface area (Å²) in [6.07, 6.45) is 4.78. The van der Waals surface area contributed by atoms with Gasteiger partial charge in [-0.15, -0.1) is 0 Å². The molecule has 0 saturated heterocycles. The fourth-order valence-corrected chi connectivity index (χ4v) is 2.94. The van der Waals surface area contributed by atoms with E-state index in [0.29, 0.717) is 11.8 Å². The number of amidine groups is 1. The Hall–Kier alpha value is -2.04. The number of oxime groups is 1. The number of nitrogens with one attached hydrogen (secondary N) is 1. The molecule has 5 nitrogen and oxygen atoms in total. The third-order valence-electron chi connectivity index (χ3n) is 4.38. The number of amides is 1. The minimum absolute atomic E-state index is 0.0657. The molecule has 112 valence electrons. The van der Waals surface area contributed by atoms with Crippen molar-refractivity contribution in [3.8, 4) is 0 Å². The van der Waals surface area contributed by atoms with Crippen LogP contribution in [-0.2, 0) is 4.79 Å². The molecule has 0 spiro atoms. The van der Waals surface area contributed by atoms with Crippen molar-refractivity contribution in [3.63, 3.8) is 0 Å². The molecule has 0 aromatic heterocycles. The van der Waals surface area contributed by atoms with Gasteiger partial charge in [-0.25, -0.2) is 0 Å². The van der Waals surface area contributed by atoms with E-state index in [9.17, 15) is 4.79 Å². The van der Waals surface area contributed by atoms with Crippen molar-refractivity contribution in [2.45, 2.75) is 37.6 Å². The lowest BCUT2D eigenvalue weighted by atomic mass is 9.96. The van der Waals surface area contributed by atoms with Crippen molar-refractivity contribution >= 4 is 11.7 Å². The smallest absolute Gasteiger partial charge is 0.235 e. The topological polar surface area (TPSA) is 87.7 Å². The molecule has 4 N–H and O–H groups in total. The lowest BCUT2D eigenvalue weighted by Gasteiger charge is -2.22. The molecule has 3 rings (SSSR count). The van der Waals surface area contributed by atoms with Gasteiger partial charge in [-0.05, 0) is 43.1 Å². The van der Waals surface area contributed by atoms with Crippen LogP contribution in [0.1, 0.15) is 37.2 Å². The number of rotatable bonds is 6. The molecule has 0 radical (unpaired) electrons. The van der Waals surface area contributed by atoms with Crippen molar-refractivity contribution in [3.05, 3.63) is 35.9 Å². The summed E-state index contributed by atoms with van der Waals surface area (Å²) in [4.78, 5) is 12.6. The fraction of sp³-hybridized carbons (Fsp3) is 0.500. The standard InChI is InChI=1S/C16H21N3O2/c17-15(19-21)13(10-4-2-1-3-5-10)16(20)18-14(11-6-7-11)12-8-9-12/h1-5,11-14,21H,6-9H2,(H2,17,19)(H,18,20). The van der Waals surface area contributed by atoms with Gasteiger partial charge in [-0.3, -0.25) is 4.79 Å². The van der Waals surface area contributed by atoms with Gasteiger partial charge in [0.2, 0.25) is 5.91 Å². The van der Waals surface area contributed by atoms with Crippen LogP contribution in [0.15, 0.2) is 35.5 Å². The molecule has 0 bridgehead atoms. The van der Waals surface area contributed by atoms with Crippen molar-refractivity contribution in [2.24, 2.45) is 22.7 Å². The first-order valence-electron chi connectivity index (χ1n) is 7.53. The molecule has 2 saturated carbocycles. The molecule has 1 amide bonds. The summed E-state index contributed by atoms with van der Waals surface area (Å²) in [5, 5.41) is 15.2. The van der Waals surface area contributed by atoms with Gasteiger partial charge >= 0.3 is 0 Å². The highest BCUT2D eigenvalue weighted by atomic mass is 16.4. The van der Waals surface area contributed by atoms with Crippen LogP contribution >= 0.6 is 0 Å². The van der Waals surface area contributed by atoms with E-state index in [2.05, 4.69) is 10.5 Å². The van der Waals surface area contributed by atoms with E-state index in [0.717, 1.165) is 5.56 Å². The van der Waals surface area contributed by atoms with Crippen LogP contribution in [0.4, 0.5) is 0 Å². The second kappa shape index (κ2) is 5.76. The number of benzene rings is 1. The van der Waals surface area contributed by atoms with Crippen molar-refractivity contribution in [1.29, 1.82) is 0 Å². The van der Waals surface area contributed by atoms with E-state index < -0.39 is 5.92 Å². The maximum absolute atomic E-state index is 12.6. The van der Waals surface area contributed by atoms with E-state index in [1.807, 2.05) is 30.3 Å². The number of carbonyl (C=O) groups is 1. The van der Waals surface area contributed by atoms with Crippen molar-refractivity contribution in [2.75, 3.05) is 0 Å². The number of hydrogen-bond donors (Lipinski definition) is 3. The van der Waals surface area contributed by atoms with Crippen molar-refractivity contribution < 1.29 is 10.0 Å². The normalized spacial score (nSPS) is 20.3. The Kier molecular flexibility index (Phi) is 3.82. The van der Waals surface area contributed by atoms with Crippen LogP contribution in [0.25, 0.3) is 0 Å². The average molecular weight is 287 g/mol. The monoisotopic (exact) mass is 287 g/mol. The molecule has 1 atom stereocenters. The van der Waals surface area contributed by atoms with Gasteiger partial charge in [-0.2, -0.15) is 0 Å². The van der Waals surface area contributed by atoms with E-state index in [1.54, 1.807) is 0 Å². The van der Waals surface area contributed by atoms with Crippen LogP contribution < -0.4 is 11.1 Å². The predicted molar refractivity (Wildman–Crippen MR) is 80.0 cm³/mol. The molecule has 2 fully saturated rings. The Morgan fingerprint density at radius 1 is 1.19 bits per heavy atom. The lowest BCUT2D eigenvalue weighted by molar-refractivity contribution is -0.122. The van der Waals surface area contributed by atoms with Gasteiger partial charge in [0.1, 0.15) is 5.92 Å². The minimum Gasteiger partial charge on any atom is -0.409 e. The van der Waals surface area contributed by atoms with E-state index in [1.165, 1.54) is 25.7 Å². The molecule has 1 aromatic rings. The third-order valence-corrected chi connectivity index (χ3v) is 4.38. The zero-order valence-corrected chi connectivity index (χ0v) is 11.9. The summed E-state index contributed by atoms with van der Waals surface area (Å²) in [6, 6.07) is 9.48. The van der Waals surface area contributed by atoms with Crippen LogP contribution in [0, 0.1) is 11.8 Å². The highest BCUT2D eigenvalue weighted by Gasteiger charge is 2.43. The first-order chi connectivity index (χ1) is 10.2. The van der Waals surface area contributed by atoms with Gasteiger partial charge in [0.15, 0.2) is 5.84 Å². The Balaban J connectivity index is 1.77. The fourth-order valence-electron chi connectivity index (χ4n) is 2.94. The van der Waals surface area contributed by atoms with E-state index >= 15 is 0 Å². The first-order valence-corrected chi connectivity index (χ1v) is 7.53. The summed E-state index contributed by atoms with van der Waals surface area (Å²) in [5.41, 5.74) is 6.49.